The first kappa shape index (κ1) is 20.0. The number of fused-ring (bicyclic) bond motifs is 2. The van der Waals surface area contributed by atoms with Crippen molar-refractivity contribution in [1.82, 2.24) is 4.90 Å². The Labute approximate surface area is 178 Å². The Morgan fingerprint density at radius 2 is 2.03 bits per heavy atom. The third kappa shape index (κ3) is 4.04. The van der Waals surface area contributed by atoms with Crippen LogP contribution in [0.1, 0.15) is 71.1 Å². The molecule has 160 valence electrons. The molecule has 5 aliphatic rings. The minimum absolute atomic E-state index is 0.0820. The molecule has 2 aliphatic carbocycles. The van der Waals surface area contributed by atoms with Crippen LogP contribution in [0.5, 0.6) is 0 Å². The van der Waals surface area contributed by atoms with Crippen molar-refractivity contribution in [2.75, 3.05) is 19.7 Å². The van der Waals surface area contributed by atoms with Crippen LogP contribution in [0.4, 0.5) is 0 Å². The molecule has 2 unspecified atom stereocenters. The van der Waals surface area contributed by atoms with Gasteiger partial charge in [-0.2, -0.15) is 0 Å². The number of hydrogen-bond acceptors (Lipinski definition) is 4. The quantitative estimate of drug-likeness (QED) is 0.676. The predicted octanol–water partition coefficient (Wildman–Crippen LogP) is 4.05. The summed E-state index contributed by atoms with van der Waals surface area (Å²) in [6.45, 7) is 4.42. The highest BCUT2D eigenvalue weighted by Gasteiger charge is 2.46. The highest BCUT2D eigenvalue weighted by atomic mass is 32.2. The summed E-state index contributed by atoms with van der Waals surface area (Å²) in [4.78, 5) is 31.8. The number of aliphatic imine (C=N–C) groups is 1. The van der Waals surface area contributed by atoms with Gasteiger partial charge in [0, 0.05) is 19.7 Å². The summed E-state index contributed by atoms with van der Waals surface area (Å²) in [5.41, 5.74) is 0. The van der Waals surface area contributed by atoms with Gasteiger partial charge in [0.25, 0.3) is 11.8 Å². The fraction of sp³-hybridized carbons (Fsp3) is 0.870. The van der Waals surface area contributed by atoms with Crippen molar-refractivity contribution in [2.45, 2.75) is 82.0 Å². The van der Waals surface area contributed by atoms with Gasteiger partial charge in [-0.25, -0.2) is 4.99 Å². The Balaban J connectivity index is 1.11. The molecule has 0 radical (unpaired) electrons. The van der Waals surface area contributed by atoms with E-state index in [0.717, 1.165) is 81.0 Å². The maximum absolute atomic E-state index is 12.8. The molecule has 6 heteroatoms. The second-order valence-electron chi connectivity index (χ2n) is 10.3. The molecule has 3 heterocycles. The zero-order chi connectivity index (χ0) is 20.0. The van der Waals surface area contributed by atoms with Crippen LogP contribution in [0.25, 0.3) is 0 Å². The Kier molecular flexibility index (Phi) is 5.52. The zero-order valence-corrected chi connectivity index (χ0v) is 18.4. The summed E-state index contributed by atoms with van der Waals surface area (Å²) < 4.78 is 5.17. The SMILES string of the molecule is CC1(CC2CCN(C(=O)C3CCCO3)CC2)SC(C[C@H]2C[C@@H]3CC[C@H]2C3)=NC1=O. The lowest BCUT2D eigenvalue weighted by Gasteiger charge is -2.35. The van der Waals surface area contributed by atoms with Crippen LogP contribution in [0.2, 0.25) is 0 Å². The van der Waals surface area contributed by atoms with Crippen molar-refractivity contribution < 1.29 is 14.3 Å². The summed E-state index contributed by atoms with van der Waals surface area (Å²) in [7, 11) is 0. The van der Waals surface area contributed by atoms with E-state index in [0.29, 0.717) is 5.92 Å². The number of ether oxygens (including phenoxy) is 1. The molecule has 0 aromatic carbocycles. The predicted molar refractivity (Wildman–Crippen MR) is 115 cm³/mol. The molecule has 2 saturated heterocycles. The first-order chi connectivity index (χ1) is 14.0. The maximum Gasteiger partial charge on any atom is 0.262 e. The van der Waals surface area contributed by atoms with Crippen molar-refractivity contribution in [3.05, 3.63) is 0 Å². The van der Waals surface area contributed by atoms with Gasteiger partial charge in [0.15, 0.2) is 0 Å². The lowest BCUT2D eigenvalue weighted by molar-refractivity contribution is -0.142. The second kappa shape index (κ2) is 7.99. The topological polar surface area (TPSA) is 59.0 Å². The fourth-order valence-electron chi connectivity index (χ4n) is 6.51. The van der Waals surface area contributed by atoms with Crippen molar-refractivity contribution in [3.8, 4) is 0 Å². The number of likely N-dealkylation sites (tertiary alicyclic amines) is 1. The number of carbonyl (C=O) groups excluding carboxylic acids is 2. The summed E-state index contributed by atoms with van der Waals surface area (Å²) in [5.74, 6) is 3.36. The minimum atomic E-state index is -0.391. The number of hydrogen-bond donors (Lipinski definition) is 0. The van der Waals surface area contributed by atoms with Crippen molar-refractivity contribution in [2.24, 2.45) is 28.7 Å². The van der Waals surface area contributed by atoms with Crippen molar-refractivity contribution in [1.29, 1.82) is 0 Å². The average Bonchev–Trinajstić information content (AvgIpc) is 3.48. The van der Waals surface area contributed by atoms with Crippen LogP contribution in [0.15, 0.2) is 4.99 Å². The molecule has 3 aliphatic heterocycles. The second-order valence-corrected chi connectivity index (χ2v) is 11.8. The highest BCUT2D eigenvalue weighted by Crippen LogP contribution is 2.51. The van der Waals surface area contributed by atoms with E-state index in [1.807, 2.05) is 4.90 Å². The number of carbonyl (C=O) groups is 2. The lowest BCUT2D eigenvalue weighted by Crippen LogP contribution is -2.44. The molecule has 0 aromatic rings. The highest BCUT2D eigenvalue weighted by molar-refractivity contribution is 8.16. The monoisotopic (exact) mass is 418 g/mol. The van der Waals surface area contributed by atoms with Crippen LogP contribution >= 0.6 is 11.8 Å². The van der Waals surface area contributed by atoms with Gasteiger partial charge in [0.05, 0.1) is 5.04 Å². The van der Waals surface area contributed by atoms with E-state index in [1.54, 1.807) is 11.8 Å². The molecule has 5 rings (SSSR count). The van der Waals surface area contributed by atoms with Crippen LogP contribution < -0.4 is 0 Å². The van der Waals surface area contributed by atoms with Gasteiger partial charge < -0.3 is 9.64 Å². The smallest absolute Gasteiger partial charge is 0.262 e. The molecule has 2 bridgehead atoms. The molecule has 4 fully saturated rings. The molecule has 2 saturated carbocycles. The number of amides is 2. The molecule has 0 spiro atoms. The number of thioether (sulfide) groups is 1. The standard InChI is InChI=1S/C23H34N2O3S/c1-23(14-15-6-8-25(9-7-15)21(26)19-3-2-10-28-19)22(27)24-20(29-23)13-18-12-16-4-5-17(18)11-16/h15-19H,2-14H2,1H3/t16-,17+,18-,19?,23?/m1/s1. The van der Waals surface area contributed by atoms with E-state index in [9.17, 15) is 9.59 Å². The zero-order valence-electron chi connectivity index (χ0n) is 17.6. The molecule has 5 atom stereocenters. The van der Waals surface area contributed by atoms with Gasteiger partial charge in [0.2, 0.25) is 0 Å². The van der Waals surface area contributed by atoms with Gasteiger partial charge in [-0.1, -0.05) is 18.2 Å². The fourth-order valence-corrected chi connectivity index (χ4v) is 7.91. The summed E-state index contributed by atoms with van der Waals surface area (Å²) >= 11 is 1.76. The van der Waals surface area contributed by atoms with Gasteiger partial charge in [0.1, 0.15) is 10.9 Å². The molecule has 0 N–H and O–H groups in total. The normalized spacial score (nSPS) is 40.1. The van der Waals surface area contributed by atoms with E-state index in [2.05, 4.69) is 11.9 Å². The van der Waals surface area contributed by atoms with E-state index in [-0.39, 0.29) is 17.9 Å². The molecule has 29 heavy (non-hydrogen) atoms. The first-order valence-electron chi connectivity index (χ1n) is 11.7. The van der Waals surface area contributed by atoms with Crippen molar-refractivity contribution >= 4 is 28.6 Å². The number of nitrogens with zero attached hydrogens (tertiary/aromatic N) is 2. The lowest BCUT2D eigenvalue weighted by atomic mass is 9.86. The van der Waals surface area contributed by atoms with Crippen LogP contribution in [-0.4, -0.2) is 52.3 Å². The van der Waals surface area contributed by atoms with Crippen LogP contribution in [0, 0.1) is 23.7 Å². The Morgan fingerprint density at radius 3 is 2.69 bits per heavy atom. The third-order valence-electron chi connectivity index (χ3n) is 8.15. The van der Waals surface area contributed by atoms with Gasteiger partial charge in [-0.05, 0) is 88.4 Å². The first-order valence-corrected chi connectivity index (χ1v) is 12.5. The van der Waals surface area contributed by atoms with E-state index >= 15 is 0 Å². The summed E-state index contributed by atoms with van der Waals surface area (Å²) in [6.07, 6.45) is 11.1. The Bertz CT molecular complexity index is 696. The van der Waals surface area contributed by atoms with Crippen LogP contribution in [0.3, 0.4) is 0 Å². The largest absolute Gasteiger partial charge is 0.368 e. The van der Waals surface area contributed by atoms with Gasteiger partial charge in [-0.15, -0.1) is 0 Å². The van der Waals surface area contributed by atoms with Gasteiger partial charge in [-0.3, -0.25) is 9.59 Å². The maximum atomic E-state index is 12.8. The third-order valence-corrected chi connectivity index (χ3v) is 9.44. The molecule has 5 nitrogen and oxygen atoms in total. The van der Waals surface area contributed by atoms with E-state index in [1.165, 1.54) is 25.7 Å². The summed E-state index contributed by atoms with van der Waals surface area (Å²) in [5, 5.41) is 1.10. The molecular weight excluding hydrogens is 384 g/mol. The molecule has 0 aromatic heterocycles. The summed E-state index contributed by atoms with van der Waals surface area (Å²) in [6, 6.07) is 0. The van der Waals surface area contributed by atoms with Gasteiger partial charge >= 0.3 is 0 Å². The molecule has 2 amide bonds. The molecular formula is C23H34N2O3S. The average molecular weight is 419 g/mol. The van der Waals surface area contributed by atoms with Crippen LogP contribution in [-0.2, 0) is 14.3 Å². The van der Waals surface area contributed by atoms with E-state index in [4.69, 9.17) is 4.74 Å². The minimum Gasteiger partial charge on any atom is -0.368 e. The Hall–Kier alpha value is -0.880. The van der Waals surface area contributed by atoms with Crippen molar-refractivity contribution in [3.63, 3.8) is 0 Å². The number of rotatable bonds is 5. The number of piperidine rings is 1. The van der Waals surface area contributed by atoms with E-state index < -0.39 is 4.75 Å². The Morgan fingerprint density at radius 1 is 1.21 bits per heavy atom.